The van der Waals surface area contributed by atoms with E-state index in [2.05, 4.69) is 20.8 Å². The summed E-state index contributed by atoms with van der Waals surface area (Å²) in [5.74, 6) is 1.33. The predicted octanol–water partition coefficient (Wildman–Crippen LogP) is 1.85. The van der Waals surface area contributed by atoms with E-state index in [9.17, 15) is 4.79 Å². The third-order valence-corrected chi connectivity index (χ3v) is 2.88. The second-order valence-corrected chi connectivity index (χ2v) is 4.50. The van der Waals surface area contributed by atoms with E-state index < -0.39 is 0 Å². The van der Waals surface area contributed by atoms with Crippen LogP contribution in [0.5, 0.6) is 5.75 Å². The van der Waals surface area contributed by atoms with Crippen molar-refractivity contribution in [2.24, 2.45) is 0 Å². The van der Waals surface area contributed by atoms with Gasteiger partial charge in [0.05, 0.1) is 19.3 Å². The van der Waals surface area contributed by atoms with Gasteiger partial charge in [-0.3, -0.25) is 0 Å². The lowest BCUT2D eigenvalue weighted by Crippen LogP contribution is -2.28. The largest absolute Gasteiger partial charge is 0.495 e. The first-order chi connectivity index (χ1) is 10.6. The highest BCUT2D eigenvalue weighted by Gasteiger charge is 2.11. The zero-order valence-electron chi connectivity index (χ0n) is 12.7. The summed E-state index contributed by atoms with van der Waals surface area (Å²) in [6.45, 7) is 2.26. The highest BCUT2D eigenvalue weighted by molar-refractivity contribution is 5.91. The Hall–Kier alpha value is -2.61. The molecule has 0 aliphatic rings. The number of methoxy groups -OCH3 is 2. The summed E-state index contributed by atoms with van der Waals surface area (Å²) in [5.41, 5.74) is 1.52. The van der Waals surface area contributed by atoms with Gasteiger partial charge in [-0.25, -0.2) is 4.79 Å². The van der Waals surface area contributed by atoms with E-state index in [1.54, 1.807) is 13.2 Å². The Morgan fingerprint density at radius 2 is 2.18 bits per heavy atom. The molecule has 0 saturated heterocycles. The second-order valence-electron chi connectivity index (χ2n) is 4.50. The highest BCUT2D eigenvalue weighted by Crippen LogP contribution is 2.27. The molecule has 1 aromatic carbocycles. The molecule has 0 saturated carbocycles. The molecule has 1 aromatic heterocycles. The van der Waals surface area contributed by atoms with Gasteiger partial charge >= 0.3 is 6.03 Å². The zero-order chi connectivity index (χ0) is 15.9. The molecule has 0 aliphatic carbocycles. The number of rotatable bonds is 6. The number of hydrogen-bond donors (Lipinski definition) is 2. The summed E-state index contributed by atoms with van der Waals surface area (Å²) in [6.07, 6.45) is 0. The van der Waals surface area contributed by atoms with Crippen LogP contribution in [0.1, 0.15) is 17.3 Å². The van der Waals surface area contributed by atoms with Crippen molar-refractivity contribution in [3.8, 4) is 5.75 Å². The van der Waals surface area contributed by atoms with Crippen molar-refractivity contribution in [2.45, 2.75) is 20.1 Å². The van der Waals surface area contributed by atoms with E-state index in [1.165, 1.54) is 7.11 Å². The number of benzene rings is 1. The molecule has 8 heteroatoms. The molecule has 0 atom stereocenters. The quantitative estimate of drug-likeness (QED) is 0.845. The van der Waals surface area contributed by atoms with Crippen LogP contribution >= 0.6 is 0 Å². The van der Waals surface area contributed by atoms with Crippen LogP contribution in [0.25, 0.3) is 0 Å². The Morgan fingerprint density at radius 1 is 1.36 bits per heavy atom. The van der Waals surface area contributed by atoms with Crippen molar-refractivity contribution in [1.82, 2.24) is 15.5 Å². The van der Waals surface area contributed by atoms with Crippen LogP contribution in [0.2, 0.25) is 0 Å². The topological polar surface area (TPSA) is 98.5 Å². The van der Waals surface area contributed by atoms with Crippen LogP contribution in [-0.2, 0) is 17.9 Å². The number of carbonyl (C=O) groups excluding carboxylic acids is 1. The second kappa shape index (κ2) is 7.41. The first-order valence-corrected chi connectivity index (χ1v) is 6.63. The van der Waals surface area contributed by atoms with Crippen molar-refractivity contribution in [1.29, 1.82) is 0 Å². The maximum absolute atomic E-state index is 11.9. The first kappa shape index (κ1) is 15.8. The van der Waals surface area contributed by atoms with E-state index in [0.29, 0.717) is 23.2 Å². The number of aryl methyl sites for hydroxylation is 1. The number of carbonyl (C=O) groups is 1. The predicted molar refractivity (Wildman–Crippen MR) is 78.6 cm³/mol. The smallest absolute Gasteiger partial charge is 0.319 e. The standard InChI is InChI=1S/C14H18N4O4/c1-9-5-4-6-10(21-3)13(9)17-14(19)15-7-12-16-11(8-20-2)18-22-12/h4-6H,7-8H2,1-3H3,(H2,15,17,19). The molecule has 118 valence electrons. The van der Waals surface area contributed by atoms with Gasteiger partial charge in [0.15, 0.2) is 5.82 Å². The molecule has 0 aliphatic heterocycles. The normalized spacial score (nSPS) is 10.3. The molecule has 2 amide bonds. The third kappa shape index (κ3) is 3.95. The number of anilines is 1. The fourth-order valence-corrected chi connectivity index (χ4v) is 1.83. The Kier molecular flexibility index (Phi) is 5.31. The molecular weight excluding hydrogens is 288 g/mol. The van der Waals surface area contributed by atoms with Gasteiger partial charge in [0, 0.05) is 7.11 Å². The van der Waals surface area contributed by atoms with E-state index in [1.807, 2.05) is 19.1 Å². The van der Waals surface area contributed by atoms with Gasteiger partial charge in [-0.2, -0.15) is 4.98 Å². The van der Waals surface area contributed by atoms with Gasteiger partial charge in [-0.1, -0.05) is 17.3 Å². The Labute approximate surface area is 127 Å². The Morgan fingerprint density at radius 3 is 2.91 bits per heavy atom. The number of ether oxygens (including phenoxy) is 2. The van der Waals surface area contributed by atoms with Gasteiger partial charge in [0.25, 0.3) is 0 Å². The minimum absolute atomic E-state index is 0.122. The lowest BCUT2D eigenvalue weighted by atomic mass is 10.2. The van der Waals surface area contributed by atoms with E-state index >= 15 is 0 Å². The van der Waals surface area contributed by atoms with Crippen LogP contribution in [0, 0.1) is 6.92 Å². The van der Waals surface area contributed by atoms with Gasteiger partial charge in [-0.15, -0.1) is 0 Å². The van der Waals surface area contributed by atoms with Crippen molar-refractivity contribution >= 4 is 11.7 Å². The van der Waals surface area contributed by atoms with E-state index in [0.717, 1.165) is 5.56 Å². The third-order valence-electron chi connectivity index (χ3n) is 2.88. The van der Waals surface area contributed by atoms with Crippen LogP contribution in [0.4, 0.5) is 10.5 Å². The summed E-state index contributed by atoms with van der Waals surface area (Å²) in [4.78, 5) is 16.0. The monoisotopic (exact) mass is 306 g/mol. The molecule has 2 rings (SSSR count). The van der Waals surface area contributed by atoms with Crippen LogP contribution in [0.15, 0.2) is 22.7 Å². The minimum Gasteiger partial charge on any atom is -0.495 e. The van der Waals surface area contributed by atoms with Gasteiger partial charge in [0.2, 0.25) is 5.89 Å². The van der Waals surface area contributed by atoms with Crippen molar-refractivity contribution in [3.63, 3.8) is 0 Å². The maximum atomic E-state index is 11.9. The number of urea groups is 1. The van der Waals surface area contributed by atoms with E-state index in [-0.39, 0.29) is 19.2 Å². The summed E-state index contributed by atoms with van der Waals surface area (Å²) in [7, 11) is 3.09. The van der Waals surface area contributed by atoms with Crippen LogP contribution in [0.3, 0.4) is 0 Å². The number of nitrogens with zero attached hydrogens (tertiary/aromatic N) is 2. The summed E-state index contributed by atoms with van der Waals surface area (Å²) in [6, 6.07) is 5.12. The van der Waals surface area contributed by atoms with Crippen molar-refractivity contribution in [2.75, 3.05) is 19.5 Å². The first-order valence-electron chi connectivity index (χ1n) is 6.63. The lowest BCUT2D eigenvalue weighted by molar-refractivity contribution is 0.174. The number of nitrogens with one attached hydrogen (secondary N) is 2. The molecule has 0 spiro atoms. The average Bonchev–Trinajstić information content (AvgIpc) is 2.95. The zero-order valence-corrected chi connectivity index (χ0v) is 12.7. The molecule has 0 fully saturated rings. The number of aromatic nitrogens is 2. The molecule has 0 radical (unpaired) electrons. The lowest BCUT2D eigenvalue weighted by Gasteiger charge is -2.12. The van der Waals surface area contributed by atoms with Crippen molar-refractivity contribution < 1.29 is 18.8 Å². The fourth-order valence-electron chi connectivity index (χ4n) is 1.83. The number of hydrogen-bond acceptors (Lipinski definition) is 6. The molecule has 0 bridgehead atoms. The Balaban J connectivity index is 1.93. The van der Waals surface area contributed by atoms with Gasteiger partial charge in [-0.05, 0) is 18.6 Å². The minimum atomic E-state index is -0.390. The number of amides is 2. The molecule has 2 aromatic rings. The summed E-state index contributed by atoms with van der Waals surface area (Å²) >= 11 is 0. The summed E-state index contributed by atoms with van der Waals surface area (Å²) < 4.78 is 15.1. The van der Waals surface area contributed by atoms with Crippen LogP contribution in [-0.4, -0.2) is 30.4 Å². The molecular formula is C14H18N4O4. The molecule has 0 unspecified atom stereocenters. The molecule has 8 nitrogen and oxygen atoms in total. The fraction of sp³-hybridized carbons (Fsp3) is 0.357. The van der Waals surface area contributed by atoms with Gasteiger partial charge in [0.1, 0.15) is 12.4 Å². The average molecular weight is 306 g/mol. The van der Waals surface area contributed by atoms with E-state index in [4.69, 9.17) is 14.0 Å². The molecule has 2 N–H and O–H groups in total. The number of para-hydroxylation sites is 1. The van der Waals surface area contributed by atoms with Crippen LogP contribution < -0.4 is 15.4 Å². The van der Waals surface area contributed by atoms with Crippen molar-refractivity contribution in [3.05, 3.63) is 35.5 Å². The molecule has 1 heterocycles. The maximum Gasteiger partial charge on any atom is 0.319 e. The SMILES string of the molecule is COCc1noc(CNC(=O)Nc2c(C)cccc2OC)n1. The highest BCUT2D eigenvalue weighted by atomic mass is 16.5. The van der Waals surface area contributed by atoms with Gasteiger partial charge < -0.3 is 24.6 Å². The summed E-state index contributed by atoms with van der Waals surface area (Å²) in [5, 5.41) is 9.09. The Bertz CT molecular complexity index is 642. The molecule has 22 heavy (non-hydrogen) atoms.